The van der Waals surface area contributed by atoms with Crippen molar-refractivity contribution in [2.75, 3.05) is 39.8 Å². The number of carbonyl (C=O) groups excluding carboxylic acids is 1. The van der Waals surface area contributed by atoms with Crippen LogP contribution in [0.15, 0.2) is 24.3 Å². The Morgan fingerprint density at radius 1 is 1.17 bits per heavy atom. The Morgan fingerprint density at radius 3 is 2.39 bits per heavy atom. The molecule has 1 amide bonds. The van der Waals surface area contributed by atoms with E-state index in [0.717, 1.165) is 31.9 Å². The maximum Gasteiger partial charge on any atom is 0.260 e. The number of rotatable bonds is 3. The van der Waals surface area contributed by atoms with Gasteiger partial charge < -0.3 is 14.5 Å². The van der Waals surface area contributed by atoms with Gasteiger partial charge in [0.2, 0.25) is 0 Å². The standard InChI is InChI=1S/C14H20N2O2/c1-12-3-5-13(6-4-12)18-11-14(17)16-9-7-15(2)8-10-16/h3-6H,7-11H2,1-2H3. The summed E-state index contributed by atoms with van der Waals surface area (Å²) in [6, 6.07) is 7.75. The van der Waals surface area contributed by atoms with Crippen LogP contribution in [0.4, 0.5) is 0 Å². The van der Waals surface area contributed by atoms with Crippen molar-refractivity contribution in [3.05, 3.63) is 29.8 Å². The van der Waals surface area contributed by atoms with Crippen molar-refractivity contribution in [1.29, 1.82) is 0 Å². The molecule has 0 bridgehead atoms. The molecule has 0 spiro atoms. The Balaban J connectivity index is 1.79. The number of nitrogens with zero attached hydrogens (tertiary/aromatic N) is 2. The van der Waals surface area contributed by atoms with Crippen LogP contribution in [0.5, 0.6) is 5.75 Å². The van der Waals surface area contributed by atoms with Crippen molar-refractivity contribution in [1.82, 2.24) is 9.80 Å². The van der Waals surface area contributed by atoms with Gasteiger partial charge in [-0.1, -0.05) is 17.7 Å². The Morgan fingerprint density at radius 2 is 1.78 bits per heavy atom. The molecule has 0 aromatic heterocycles. The third-order valence-electron chi connectivity index (χ3n) is 3.24. The molecule has 0 unspecified atom stereocenters. The number of ether oxygens (including phenoxy) is 1. The van der Waals surface area contributed by atoms with Gasteiger partial charge in [0.15, 0.2) is 6.61 Å². The summed E-state index contributed by atoms with van der Waals surface area (Å²) in [7, 11) is 2.07. The van der Waals surface area contributed by atoms with Gasteiger partial charge in [0.25, 0.3) is 5.91 Å². The molecule has 0 N–H and O–H groups in total. The highest BCUT2D eigenvalue weighted by atomic mass is 16.5. The molecule has 1 fully saturated rings. The lowest BCUT2D eigenvalue weighted by molar-refractivity contribution is -0.134. The molecule has 98 valence electrons. The van der Waals surface area contributed by atoms with Crippen molar-refractivity contribution in [3.8, 4) is 5.75 Å². The number of benzene rings is 1. The molecule has 18 heavy (non-hydrogen) atoms. The number of hydrogen-bond acceptors (Lipinski definition) is 3. The second-order valence-corrected chi connectivity index (χ2v) is 4.79. The van der Waals surface area contributed by atoms with Crippen molar-refractivity contribution in [2.45, 2.75) is 6.92 Å². The van der Waals surface area contributed by atoms with Crippen LogP contribution in [0.1, 0.15) is 5.56 Å². The normalized spacial score (nSPS) is 16.7. The Hall–Kier alpha value is -1.55. The van der Waals surface area contributed by atoms with E-state index in [4.69, 9.17) is 4.74 Å². The summed E-state index contributed by atoms with van der Waals surface area (Å²) in [6.07, 6.45) is 0. The Labute approximate surface area is 108 Å². The van der Waals surface area contributed by atoms with Crippen LogP contribution in [0.3, 0.4) is 0 Å². The third kappa shape index (κ3) is 3.47. The molecule has 1 heterocycles. The summed E-state index contributed by atoms with van der Waals surface area (Å²) in [5.41, 5.74) is 1.19. The van der Waals surface area contributed by atoms with Crippen LogP contribution in [0, 0.1) is 6.92 Å². The molecule has 1 aliphatic heterocycles. The summed E-state index contributed by atoms with van der Waals surface area (Å²) in [4.78, 5) is 16.0. The first-order chi connectivity index (χ1) is 8.65. The highest BCUT2D eigenvalue weighted by molar-refractivity contribution is 5.77. The average Bonchev–Trinajstić information content (AvgIpc) is 2.38. The molecular formula is C14H20N2O2. The molecule has 2 rings (SSSR count). The van der Waals surface area contributed by atoms with Crippen LogP contribution in [-0.4, -0.2) is 55.5 Å². The summed E-state index contributed by atoms with van der Waals surface area (Å²) < 4.78 is 5.50. The molecule has 0 saturated carbocycles. The van der Waals surface area contributed by atoms with E-state index in [9.17, 15) is 4.79 Å². The summed E-state index contributed by atoms with van der Waals surface area (Å²) in [5.74, 6) is 0.826. The number of aryl methyl sites for hydroxylation is 1. The number of likely N-dealkylation sites (N-methyl/N-ethyl adjacent to an activating group) is 1. The van der Waals surface area contributed by atoms with Crippen molar-refractivity contribution >= 4 is 5.91 Å². The topological polar surface area (TPSA) is 32.8 Å². The van der Waals surface area contributed by atoms with Crippen LogP contribution in [-0.2, 0) is 4.79 Å². The minimum atomic E-state index is 0.0728. The van der Waals surface area contributed by atoms with E-state index in [1.165, 1.54) is 5.56 Å². The highest BCUT2D eigenvalue weighted by Crippen LogP contribution is 2.11. The minimum absolute atomic E-state index is 0.0728. The van der Waals surface area contributed by atoms with E-state index in [1.807, 2.05) is 36.1 Å². The summed E-state index contributed by atoms with van der Waals surface area (Å²) in [6.45, 7) is 5.64. The molecule has 4 heteroatoms. The SMILES string of the molecule is Cc1ccc(OCC(=O)N2CCN(C)CC2)cc1. The lowest BCUT2D eigenvalue weighted by atomic mass is 10.2. The quantitative estimate of drug-likeness (QED) is 0.804. The van der Waals surface area contributed by atoms with Crippen molar-refractivity contribution in [2.24, 2.45) is 0 Å². The number of amides is 1. The highest BCUT2D eigenvalue weighted by Gasteiger charge is 2.19. The fourth-order valence-corrected chi connectivity index (χ4v) is 1.93. The van der Waals surface area contributed by atoms with E-state index in [2.05, 4.69) is 11.9 Å². The predicted octanol–water partition coefficient (Wildman–Crippen LogP) is 1.15. The van der Waals surface area contributed by atoms with E-state index < -0.39 is 0 Å². The zero-order chi connectivity index (χ0) is 13.0. The van der Waals surface area contributed by atoms with Crippen molar-refractivity contribution < 1.29 is 9.53 Å². The molecule has 4 nitrogen and oxygen atoms in total. The molecule has 1 aromatic carbocycles. The monoisotopic (exact) mass is 248 g/mol. The average molecular weight is 248 g/mol. The molecule has 0 radical (unpaired) electrons. The maximum absolute atomic E-state index is 11.9. The zero-order valence-electron chi connectivity index (χ0n) is 11.1. The Kier molecular flexibility index (Phi) is 4.20. The first kappa shape index (κ1) is 12.9. The third-order valence-corrected chi connectivity index (χ3v) is 3.24. The van der Waals surface area contributed by atoms with E-state index >= 15 is 0 Å². The van der Waals surface area contributed by atoms with Gasteiger partial charge in [-0.15, -0.1) is 0 Å². The number of carbonyl (C=O) groups is 1. The van der Waals surface area contributed by atoms with Gasteiger partial charge in [-0.2, -0.15) is 0 Å². The van der Waals surface area contributed by atoms with E-state index in [1.54, 1.807) is 0 Å². The van der Waals surface area contributed by atoms with Gasteiger partial charge in [-0.25, -0.2) is 0 Å². The molecule has 0 atom stereocenters. The van der Waals surface area contributed by atoms with E-state index in [0.29, 0.717) is 0 Å². The van der Waals surface area contributed by atoms with Crippen LogP contribution in [0.25, 0.3) is 0 Å². The number of hydrogen-bond donors (Lipinski definition) is 0. The smallest absolute Gasteiger partial charge is 0.260 e. The molecule has 0 aliphatic carbocycles. The summed E-state index contributed by atoms with van der Waals surface area (Å²) >= 11 is 0. The molecule has 1 aromatic rings. The largest absolute Gasteiger partial charge is 0.484 e. The zero-order valence-corrected chi connectivity index (χ0v) is 11.1. The van der Waals surface area contributed by atoms with Gasteiger partial charge in [0, 0.05) is 26.2 Å². The molecule has 1 saturated heterocycles. The van der Waals surface area contributed by atoms with Crippen molar-refractivity contribution in [3.63, 3.8) is 0 Å². The summed E-state index contributed by atoms with van der Waals surface area (Å²) in [5, 5.41) is 0. The molecular weight excluding hydrogens is 228 g/mol. The van der Waals surface area contributed by atoms with Gasteiger partial charge in [-0.3, -0.25) is 4.79 Å². The second-order valence-electron chi connectivity index (χ2n) is 4.79. The fraction of sp³-hybridized carbons (Fsp3) is 0.500. The lowest BCUT2D eigenvalue weighted by Crippen LogP contribution is -2.48. The van der Waals surface area contributed by atoms with Gasteiger partial charge in [0.1, 0.15) is 5.75 Å². The number of piperazine rings is 1. The van der Waals surface area contributed by atoms with Crippen LogP contribution < -0.4 is 4.74 Å². The van der Waals surface area contributed by atoms with Crippen LogP contribution >= 0.6 is 0 Å². The lowest BCUT2D eigenvalue weighted by Gasteiger charge is -2.32. The molecule has 1 aliphatic rings. The van der Waals surface area contributed by atoms with Gasteiger partial charge in [-0.05, 0) is 26.1 Å². The minimum Gasteiger partial charge on any atom is -0.484 e. The van der Waals surface area contributed by atoms with Crippen LogP contribution in [0.2, 0.25) is 0 Å². The first-order valence-corrected chi connectivity index (χ1v) is 6.31. The van der Waals surface area contributed by atoms with Gasteiger partial charge in [0.05, 0.1) is 0 Å². The maximum atomic E-state index is 11.9. The fourth-order valence-electron chi connectivity index (χ4n) is 1.93. The van der Waals surface area contributed by atoms with Gasteiger partial charge >= 0.3 is 0 Å². The Bertz CT molecular complexity index is 395. The predicted molar refractivity (Wildman–Crippen MR) is 70.8 cm³/mol. The van der Waals surface area contributed by atoms with E-state index in [-0.39, 0.29) is 12.5 Å². The first-order valence-electron chi connectivity index (χ1n) is 6.31. The second kappa shape index (κ2) is 5.87.